The maximum absolute atomic E-state index is 11.9. The molecule has 0 atom stereocenters. The van der Waals surface area contributed by atoms with E-state index in [0.717, 1.165) is 0 Å². The van der Waals surface area contributed by atoms with Gasteiger partial charge in [0.05, 0.1) is 0 Å². The number of hydrogen-bond acceptors (Lipinski definition) is 5. The maximum atomic E-state index is 11.9. The van der Waals surface area contributed by atoms with Crippen molar-refractivity contribution >= 4 is 39.5 Å². The molecule has 6 nitrogen and oxygen atoms in total. The lowest BCUT2D eigenvalue weighted by molar-refractivity contribution is 0.102. The Balaban J connectivity index is 1.85. The van der Waals surface area contributed by atoms with E-state index in [2.05, 4.69) is 20.6 Å². The average Bonchev–Trinajstić information content (AvgIpc) is 2.88. The lowest BCUT2D eigenvalue weighted by Gasteiger charge is -2.02. The second-order valence-corrected chi connectivity index (χ2v) is 4.82. The van der Waals surface area contributed by atoms with Crippen molar-refractivity contribution in [2.45, 2.75) is 0 Å². The van der Waals surface area contributed by atoms with Crippen LogP contribution < -0.4 is 5.32 Å². The smallest absolute Gasteiger partial charge is 0.286 e. The number of nitrogens with zero attached hydrogens (tertiary/aromatic N) is 4. The van der Waals surface area contributed by atoms with Crippen LogP contribution in [0, 0.1) is 0 Å². The first-order valence-electron chi connectivity index (χ1n) is 4.96. The van der Waals surface area contributed by atoms with E-state index in [-0.39, 0.29) is 5.91 Å². The molecule has 0 aliphatic heterocycles. The number of aromatic nitrogens is 4. The summed E-state index contributed by atoms with van der Waals surface area (Å²) in [5, 5.41) is 15.1. The van der Waals surface area contributed by atoms with Crippen molar-refractivity contribution in [1.82, 2.24) is 19.8 Å². The Labute approximate surface area is 110 Å². The molecule has 0 fully saturated rings. The van der Waals surface area contributed by atoms with Crippen LogP contribution in [0.4, 0.5) is 5.69 Å². The predicted molar refractivity (Wildman–Crippen MR) is 68.1 cm³/mol. The van der Waals surface area contributed by atoms with Gasteiger partial charge in [-0.3, -0.25) is 4.79 Å². The highest BCUT2D eigenvalue weighted by Crippen LogP contribution is 2.17. The molecule has 2 aromatic heterocycles. The molecule has 0 radical (unpaired) electrons. The summed E-state index contributed by atoms with van der Waals surface area (Å²) in [6.07, 6.45) is 1.45. The summed E-state index contributed by atoms with van der Waals surface area (Å²) in [5.41, 5.74) is 0.624. The number of rotatable bonds is 2. The van der Waals surface area contributed by atoms with E-state index in [1.54, 1.807) is 24.3 Å². The fraction of sp³-hybridized carbons (Fsp3) is 0. The summed E-state index contributed by atoms with van der Waals surface area (Å²) in [6, 6.07) is 6.92. The standard InChI is InChI=1S/C10H6ClN5OS/c11-6-2-1-3-7(4-6)13-8(17)9-15-16-5-12-14-10(16)18-9/h1-5H,(H,13,17). The van der Waals surface area contributed by atoms with Gasteiger partial charge in [0.1, 0.15) is 6.33 Å². The van der Waals surface area contributed by atoms with E-state index in [0.29, 0.717) is 20.7 Å². The van der Waals surface area contributed by atoms with Gasteiger partial charge in [-0.2, -0.15) is 4.52 Å². The molecular formula is C10H6ClN5OS. The van der Waals surface area contributed by atoms with Gasteiger partial charge in [-0.05, 0) is 18.2 Å². The van der Waals surface area contributed by atoms with E-state index < -0.39 is 0 Å². The first-order valence-corrected chi connectivity index (χ1v) is 6.15. The molecule has 90 valence electrons. The minimum atomic E-state index is -0.298. The quantitative estimate of drug-likeness (QED) is 0.780. The number of anilines is 1. The van der Waals surface area contributed by atoms with Crippen molar-refractivity contribution in [2.75, 3.05) is 5.32 Å². The average molecular weight is 280 g/mol. The molecule has 1 amide bonds. The predicted octanol–water partition coefficient (Wildman–Crippen LogP) is 2.09. The Kier molecular flexibility index (Phi) is 2.69. The van der Waals surface area contributed by atoms with Gasteiger partial charge in [0.15, 0.2) is 0 Å². The van der Waals surface area contributed by atoms with E-state index in [4.69, 9.17) is 11.6 Å². The van der Waals surface area contributed by atoms with Crippen LogP contribution in [0.15, 0.2) is 30.6 Å². The minimum absolute atomic E-state index is 0.298. The molecule has 0 unspecified atom stereocenters. The lowest BCUT2D eigenvalue weighted by atomic mass is 10.3. The maximum Gasteiger partial charge on any atom is 0.286 e. The molecule has 8 heteroatoms. The summed E-state index contributed by atoms with van der Waals surface area (Å²) in [6.45, 7) is 0. The normalized spacial score (nSPS) is 10.7. The van der Waals surface area contributed by atoms with Crippen LogP contribution in [-0.2, 0) is 0 Å². The number of benzene rings is 1. The molecule has 3 rings (SSSR count). The molecule has 0 saturated carbocycles. The second-order valence-electron chi connectivity index (χ2n) is 3.43. The van der Waals surface area contributed by atoms with Crippen molar-refractivity contribution < 1.29 is 4.79 Å². The first kappa shape index (κ1) is 11.1. The number of fused-ring (bicyclic) bond motifs is 1. The molecule has 0 bridgehead atoms. The van der Waals surface area contributed by atoms with Gasteiger partial charge in [-0.1, -0.05) is 29.0 Å². The number of amides is 1. The Morgan fingerprint density at radius 3 is 3.11 bits per heavy atom. The lowest BCUT2D eigenvalue weighted by Crippen LogP contribution is -2.11. The molecule has 1 N–H and O–H groups in total. The molecule has 3 aromatic rings. The van der Waals surface area contributed by atoms with E-state index in [1.807, 2.05) is 0 Å². The fourth-order valence-corrected chi connectivity index (χ4v) is 2.31. The van der Waals surface area contributed by atoms with E-state index in [1.165, 1.54) is 22.2 Å². The zero-order valence-electron chi connectivity index (χ0n) is 8.87. The Morgan fingerprint density at radius 2 is 2.33 bits per heavy atom. The van der Waals surface area contributed by atoms with Crippen molar-refractivity contribution in [1.29, 1.82) is 0 Å². The van der Waals surface area contributed by atoms with Crippen molar-refractivity contribution in [2.24, 2.45) is 0 Å². The monoisotopic (exact) mass is 279 g/mol. The van der Waals surface area contributed by atoms with Crippen LogP contribution >= 0.6 is 22.9 Å². The second kappa shape index (κ2) is 4.35. The van der Waals surface area contributed by atoms with Crippen LogP contribution in [-0.4, -0.2) is 25.7 Å². The Bertz CT molecular complexity index is 693. The van der Waals surface area contributed by atoms with Crippen LogP contribution in [0.5, 0.6) is 0 Å². The van der Waals surface area contributed by atoms with Crippen LogP contribution in [0.2, 0.25) is 5.02 Å². The topological polar surface area (TPSA) is 72.2 Å². The molecule has 18 heavy (non-hydrogen) atoms. The van der Waals surface area contributed by atoms with Crippen molar-refractivity contribution in [3.05, 3.63) is 40.6 Å². The SMILES string of the molecule is O=C(Nc1cccc(Cl)c1)c1nn2cnnc2s1. The first-order chi connectivity index (χ1) is 8.72. The van der Waals surface area contributed by atoms with E-state index >= 15 is 0 Å². The summed E-state index contributed by atoms with van der Waals surface area (Å²) in [5.74, 6) is -0.298. The molecule has 0 aliphatic carbocycles. The minimum Gasteiger partial charge on any atom is -0.320 e. The Morgan fingerprint density at radius 1 is 1.44 bits per heavy atom. The molecule has 0 spiro atoms. The third-order valence-corrected chi connectivity index (χ3v) is 3.31. The van der Waals surface area contributed by atoms with Gasteiger partial charge < -0.3 is 5.32 Å². The molecular weight excluding hydrogens is 274 g/mol. The zero-order chi connectivity index (χ0) is 12.5. The number of halogens is 1. The third-order valence-electron chi connectivity index (χ3n) is 2.16. The third kappa shape index (κ3) is 2.05. The van der Waals surface area contributed by atoms with Crippen LogP contribution in [0.3, 0.4) is 0 Å². The van der Waals surface area contributed by atoms with Crippen LogP contribution in [0.25, 0.3) is 4.96 Å². The highest BCUT2D eigenvalue weighted by Gasteiger charge is 2.13. The van der Waals surface area contributed by atoms with Gasteiger partial charge in [-0.25, -0.2) is 0 Å². The fourth-order valence-electron chi connectivity index (χ4n) is 1.40. The number of hydrogen-bond donors (Lipinski definition) is 1. The highest BCUT2D eigenvalue weighted by molar-refractivity contribution is 7.18. The number of carbonyl (C=O) groups is 1. The molecule has 0 aliphatic rings. The summed E-state index contributed by atoms with van der Waals surface area (Å²) in [7, 11) is 0. The zero-order valence-corrected chi connectivity index (χ0v) is 10.4. The van der Waals surface area contributed by atoms with Crippen molar-refractivity contribution in [3.63, 3.8) is 0 Å². The summed E-state index contributed by atoms with van der Waals surface area (Å²) < 4.78 is 1.46. The largest absolute Gasteiger partial charge is 0.320 e. The van der Waals surface area contributed by atoms with Gasteiger partial charge in [0.25, 0.3) is 5.91 Å². The van der Waals surface area contributed by atoms with Crippen LogP contribution in [0.1, 0.15) is 9.80 Å². The molecule has 2 heterocycles. The number of carbonyl (C=O) groups excluding carboxylic acids is 1. The molecule has 0 saturated heterocycles. The van der Waals surface area contributed by atoms with Crippen molar-refractivity contribution in [3.8, 4) is 0 Å². The molecule has 1 aromatic carbocycles. The summed E-state index contributed by atoms with van der Waals surface area (Å²) >= 11 is 7.00. The number of nitrogens with one attached hydrogen (secondary N) is 1. The van der Waals surface area contributed by atoms with Gasteiger partial charge in [0.2, 0.25) is 9.97 Å². The van der Waals surface area contributed by atoms with Gasteiger partial charge in [-0.15, -0.1) is 15.3 Å². The van der Waals surface area contributed by atoms with Gasteiger partial charge in [0, 0.05) is 10.7 Å². The highest BCUT2D eigenvalue weighted by atomic mass is 35.5. The summed E-state index contributed by atoms with van der Waals surface area (Å²) in [4.78, 5) is 12.5. The Hall–Kier alpha value is -1.99. The van der Waals surface area contributed by atoms with E-state index in [9.17, 15) is 4.79 Å². The van der Waals surface area contributed by atoms with Gasteiger partial charge >= 0.3 is 0 Å².